The molecule has 3 aromatic rings. The van der Waals surface area contributed by atoms with Crippen LogP contribution in [0.1, 0.15) is 55.7 Å². The number of carbonyl (C=O) groups excluding carboxylic acids is 1. The summed E-state index contributed by atoms with van der Waals surface area (Å²) in [4.78, 5) is 15.9. The molecule has 1 amide bonds. The average Bonchev–Trinajstić information content (AvgIpc) is 3.22. The van der Waals surface area contributed by atoms with E-state index in [1.165, 1.54) is 11.3 Å². The molecule has 4 N–H and O–H groups in total. The number of fused-ring (bicyclic) bond motifs is 2. The van der Waals surface area contributed by atoms with Crippen molar-refractivity contribution in [2.24, 2.45) is 5.41 Å². The van der Waals surface area contributed by atoms with E-state index in [1.54, 1.807) is 19.9 Å². The number of aromatic amines is 2. The first-order valence-corrected chi connectivity index (χ1v) is 9.80. The first-order chi connectivity index (χ1) is 13.2. The second-order valence-electron chi connectivity index (χ2n) is 9.35. The molecule has 1 aromatic carbocycles. The van der Waals surface area contributed by atoms with Crippen molar-refractivity contribution in [2.45, 2.75) is 52.5 Å². The molecule has 1 aliphatic carbocycles. The van der Waals surface area contributed by atoms with Crippen LogP contribution in [0.25, 0.3) is 22.3 Å². The summed E-state index contributed by atoms with van der Waals surface area (Å²) >= 11 is 0. The molecule has 6 nitrogen and oxygen atoms in total. The lowest BCUT2D eigenvalue weighted by Gasteiger charge is -2.28. The van der Waals surface area contributed by atoms with Gasteiger partial charge in [-0.3, -0.25) is 9.89 Å². The highest BCUT2D eigenvalue weighted by atomic mass is 16.3. The summed E-state index contributed by atoms with van der Waals surface area (Å²) in [5.41, 5.74) is 5.68. The number of benzene rings is 1. The SMILES string of the molecule is CC1(C)CCc2c(-c3cc4cc(C(=O)NC(C)(C)CO)ccc4[nH]3)n[nH]c2C1. The predicted molar refractivity (Wildman–Crippen MR) is 110 cm³/mol. The Morgan fingerprint density at radius 2 is 2.11 bits per heavy atom. The van der Waals surface area contributed by atoms with Crippen LogP contribution in [0.5, 0.6) is 0 Å². The van der Waals surface area contributed by atoms with Crippen LogP contribution < -0.4 is 5.32 Å². The smallest absolute Gasteiger partial charge is 0.251 e. The van der Waals surface area contributed by atoms with Crippen LogP contribution in [0.4, 0.5) is 0 Å². The highest BCUT2D eigenvalue weighted by molar-refractivity contribution is 5.99. The summed E-state index contributed by atoms with van der Waals surface area (Å²) in [6, 6.07) is 7.65. The van der Waals surface area contributed by atoms with E-state index in [0.29, 0.717) is 11.0 Å². The lowest BCUT2D eigenvalue weighted by atomic mass is 9.76. The van der Waals surface area contributed by atoms with Crippen molar-refractivity contribution in [1.29, 1.82) is 0 Å². The molecule has 2 heterocycles. The van der Waals surface area contributed by atoms with E-state index in [2.05, 4.69) is 40.4 Å². The maximum atomic E-state index is 12.5. The molecule has 0 saturated heterocycles. The van der Waals surface area contributed by atoms with Crippen molar-refractivity contribution in [3.05, 3.63) is 41.1 Å². The molecule has 148 valence electrons. The Labute approximate surface area is 164 Å². The number of nitrogens with zero attached hydrogens (tertiary/aromatic N) is 1. The van der Waals surface area contributed by atoms with Crippen molar-refractivity contribution in [1.82, 2.24) is 20.5 Å². The summed E-state index contributed by atoms with van der Waals surface area (Å²) in [6.07, 6.45) is 3.19. The van der Waals surface area contributed by atoms with E-state index in [9.17, 15) is 9.90 Å². The third-order valence-electron chi connectivity index (χ3n) is 5.65. The lowest BCUT2D eigenvalue weighted by Crippen LogP contribution is -2.46. The fraction of sp³-hybridized carbons (Fsp3) is 0.455. The van der Waals surface area contributed by atoms with Gasteiger partial charge in [-0.05, 0) is 62.8 Å². The molecule has 0 aliphatic heterocycles. The standard InChI is InChI=1S/C22H28N4O2/c1-21(2)8-7-15-18(11-21)25-26-19(15)17-10-14-9-13(5-6-16(14)23-17)20(28)24-22(3,4)12-27/h5-6,9-10,23,27H,7-8,11-12H2,1-4H3,(H,24,28)(H,25,26). The van der Waals surface area contributed by atoms with Crippen molar-refractivity contribution >= 4 is 16.8 Å². The Morgan fingerprint density at radius 3 is 2.86 bits per heavy atom. The second-order valence-corrected chi connectivity index (χ2v) is 9.35. The van der Waals surface area contributed by atoms with Gasteiger partial charge in [0.25, 0.3) is 5.91 Å². The molecule has 0 saturated carbocycles. The molecule has 0 bridgehead atoms. The van der Waals surface area contributed by atoms with E-state index in [-0.39, 0.29) is 12.5 Å². The number of amides is 1. The quantitative estimate of drug-likeness (QED) is 0.557. The Kier molecular flexibility index (Phi) is 4.34. The van der Waals surface area contributed by atoms with Gasteiger partial charge in [0.05, 0.1) is 17.8 Å². The van der Waals surface area contributed by atoms with Gasteiger partial charge in [0.1, 0.15) is 5.69 Å². The number of aromatic nitrogens is 3. The molecule has 4 rings (SSSR count). The Balaban J connectivity index is 1.65. The Hall–Kier alpha value is -2.60. The minimum atomic E-state index is -0.656. The Bertz CT molecular complexity index is 1040. The van der Waals surface area contributed by atoms with Crippen molar-refractivity contribution in [3.63, 3.8) is 0 Å². The predicted octanol–water partition coefficient (Wildman–Crippen LogP) is 3.57. The van der Waals surface area contributed by atoms with Gasteiger partial charge < -0.3 is 15.4 Å². The van der Waals surface area contributed by atoms with Crippen LogP contribution in [-0.2, 0) is 12.8 Å². The monoisotopic (exact) mass is 380 g/mol. The lowest BCUT2D eigenvalue weighted by molar-refractivity contribution is 0.0869. The summed E-state index contributed by atoms with van der Waals surface area (Å²) in [6.45, 7) is 8.06. The zero-order valence-corrected chi connectivity index (χ0v) is 16.9. The molecule has 2 aromatic heterocycles. The highest BCUT2D eigenvalue weighted by Gasteiger charge is 2.29. The number of aliphatic hydroxyl groups excluding tert-OH is 1. The molecular formula is C22H28N4O2. The van der Waals surface area contributed by atoms with Gasteiger partial charge in [-0.1, -0.05) is 13.8 Å². The van der Waals surface area contributed by atoms with Crippen LogP contribution >= 0.6 is 0 Å². The second kappa shape index (κ2) is 6.48. The van der Waals surface area contributed by atoms with E-state index in [0.717, 1.165) is 41.6 Å². The zero-order valence-electron chi connectivity index (χ0n) is 16.9. The van der Waals surface area contributed by atoms with E-state index in [4.69, 9.17) is 0 Å². The summed E-state index contributed by atoms with van der Waals surface area (Å²) in [5.74, 6) is -0.192. The number of hydrogen-bond acceptors (Lipinski definition) is 3. The fourth-order valence-corrected chi connectivity index (χ4v) is 3.89. The maximum absolute atomic E-state index is 12.5. The minimum Gasteiger partial charge on any atom is -0.394 e. The van der Waals surface area contributed by atoms with Gasteiger partial charge in [0, 0.05) is 27.7 Å². The largest absolute Gasteiger partial charge is 0.394 e. The molecule has 1 aliphatic rings. The number of rotatable bonds is 4. The molecule has 0 unspecified atom stereocenters. The minimum absolute atomic E-state index is 0.115. The van der Waals surface area contributed by atoms with Gasteiger partial charge in [-0.25, -0.2) is 0 Å². The molecule has 28 heavy (non-hydrogen) atoms. The normalized spacial score (nSPS) is 16.2. The highest BCUT2D eigenvalue weighted by Crippen LogP contribution is 2.38. The van der Waals surface area contributed by atoms with Crippen LogP contribution in [-0.4, -0.2) is 38.3 Å². The van der Waals surface area contributed by atoms with E-state index < -0.39 is 5.54 Å². The van der Waals surface area contributed by atoms with Crippen LogP contribution in [0.15, 0.2) is 24.3 Å². The summed E-state index contributed by atoms with van der Waals surface area (Å²) in [5, 5.41) is 21.0. The van der Waals surface area contributed by atoms with Gasteiger partial charge in [-0.15, -0.1) is 0 Å². The molecule has 6 heteroatoms. The van der Waals surface area contributed by atoms with Crippen LogP contribution in [0.2, 0.25) is 0 Å². The first-order valence-electron chi connectivity index (χ1n) is 9.80. The van der Waals surface area contributed by atoms with Crippen LogP contribution in [0, 0.1) is 5.41 Å². The van der Waals surface area contributed by atoms with Crippen LogP contribution in [0.3, 0.4) is 0 Å². The number of hydrogen-bond donors (Lipinski definition) is 4. The molecule has 0 spiro atoms. The number of nitrogens with one attached hydrogen (secondary N) is 3. The summed E-state index contributed by atoms with van der Waals surface area (Å²) < 4.78 is 0. The van der Waals surface area contributed by atoms with Crippen molar-refractivity contribution in [2.75, 3.05) is 6.61 Å². The first kappa shape index (κ1) is 18.7. The molecule has 0 atom stereocenters. The third kappa shape index (κ3) is 3.44. The van der Waals surface area contributed by atoms with Gasteiger partial charge >= 0.3 is 0 Å². The summed E-state index contributed by atoms with van der Waals surface area (Å²) in [7, 11) is 0. The number of aliphatic hydroxyl groups is 1. The molecule has 0 radical (unpaired) electrons. The van der Waals surface area contributed by atoms with Gasteiger partial charge in [0.2, 0.25) is 0 Å². The van der Waals surface area contributed by atoms with Crippen molar-refractivity contribution in [3.8, 4) is 11.4 Å². The van der Waals surface area contributed by atoms with E-state index >= 15 is 0 Å². The average molecular weight is 380 g/mol. The van der Waals surface area contributed by atoms with E-state index in [1.807, 2.05) is 12.1 Å². The van der Waals surface area contributed by atoms with Gasteiger partial charge in [0.15, 0.2) is 0 Å². The van der Waals surface area contributed by atoms with Gasteiger partial charge in [-0.2, -0.15) is 5.10 Å². The number of H-pyrrole nitrogens is 2. The topological polar surface area (TPSA) is 93.8 Å². The Morgan fingerprint density at radius 1 is 1.32 bits per heavy atom. The zero-order chi connectivity index (χ0) is 20.1. The number of carbonyl (C=O) groups is 1. The molecular weight excluding hydrogens is 352 g/mol. The van der Waals surface area contributed by atoms with Crippen molar-refractivity contribution < 1.29 is 9.90 Å². The fourth-order valence-electron chi connectivity index (χ4n) is 3.89. The maximum Gasteiger partial charge on any atom is 0.251 e. The molecule has 0 fully saturated rings. The third-order valence-corrected chi connectivity index (χ3v) is 5.65.